The summed E-state index contributed by atoms with van der Waals surface area (Å²) in [6, 6.07) is 15.1. The second-order valence-corrected chi connectivity index (χ2v) is 6.85. The molecule has 0 aliphatic carbocycles. The molecule has 0 radical (unpaired) electrons. The smallest absolute Gasteiger partial charge is 0.374 e. The summed E-state index contributed by atoms with van der Waals surface area (Å²) in [7, 11) is 0. The van der Waals surface area contributed by atoms with Crippen molar-refractivity contribution in [3.8, 4) is 11.3 Å². The van der Waals surface area contributed by atoms with E-state index in [-0.39, 0.29) is 17.5 Å². The number of carbonyl (C=O) groups is 3. The maximum atomic E-state index is 13.0. The van der Waals surface area contributed by atoms with E-state index in [0.29, 0.717) is 35.7 Å². The van der Waals surface area contributed by atoms with Crippen LogP contribution >= 0.6 is 0 Å². The van der Waals surface area contributed by atoms with E-state index in [4.69, 9.17) is 9.15 Å². The van der Waals surface area contributed by atoms with Gasteiger partial charge in [0.15, 0.2) is 6.61 Å². The van der Waals surface area contributed by atoms with Crippen molar-refractivity contribution >= 4 is 23.5 Å². The van der Waals surface area contributed by atoms with Crippen molar-refractivity contribution in [1.82, 2.24) is 4.90 Å². The average molecular weight is 438 g/mol. The molecule has 2 aromatic carbocycles. The van der Waals surface area contributed by atoms with Crippen LogP contribution in [-0.4, -0.2) is 42.4 Å². The second kappa shape index (κ2) is 10.4. The first-order chi connectivity index (χ1) is 15.4. The Morgan fingerprint density at radius 2 is 1.59 bits per heavy atom. The fraction of sp³-hybridized carbons (Fsp3) is 0.208. The minimum Gasteiger partial charge on any atom is -0.450 e. The molecule has 7 nitrogen and oxygen atoms in total. The SMILES string of the molecule is CCN(CC)C(=O)c1ccc(NC(=O)COC(=O)c2ccc(-c3ccc(F)cc3)o2)cc1. The number of rotatable bonds is 8. The van der Waals surface area contributed by atoms with Crippen LogP contribution in [0.5, 0.6) is 0 Å². The zero-order valence-corrected chi connectivity index (χ0v) is 17.8. The van der Waals surface area contributed by atoms with Crippen LogP contribution in [0.25, 0.3) is 11.3 Å². The summed E-state index contributed by atoms with van der Waals surface area (Å²) < 4.78 is 23.4. The average Bonchev–Trinajstić information content (AvgIpc) is 3.29. The van der Waals surface area contributed by atoms with Gasteiger partial charge in [0.05, 0.1) is 0 Å². The Bertz CT molecular complexity index is 1090. The van der Waals surface area contributed by atoms with Gasteiger partial charge in [0.2, 0.25) is 5.76 Å². The Morgan fingerprint density at radius 3 is 2.22 bits per heavy atom. The van der Waals surface area contributed by atoms with E-state index in [1.54, 1.807) is 35.2 Å². The Hall–Kier alpha value is -3.94. The van der Waals surface area contributed by atoms with Crippen LogP contribution in [0.1, 0.15) is 34.8 Å². The topological polar surface area (TPSA) is 88.9 Å². The number of benzene rings is 2. The highest BCUT2D eigenvalue weighted by atomic mass is 19.1. The minimum absolute atomic E-state index is 0.0728. The van der Waals surface area contributed by atoms with Crippen molar-refractivity contribution in [1.29, 1.82) is 0 Å². The second-order valence-electron chi connectivity index (χ2n) is 6.85. The number of nitrogens with one attached hydrogen (secondary N) is 1. The molecule has 0 aliphatic heterocycles. The van der Waals surface area contributed by atoms with Crippen molar-refractivity contribution in [3.63, 3.8) is 0 Å². The fourth-order valence-electron chi connectivity index (χ4n) is 3.01. The summed E-state index contributed by atoms with van der Waals surface area (Å²) in [6.45, 7) is 4.53. The molecule has 1 aromatic heterocycles. The summed E-state index contributed by atoms with van der Waals surface area (Å²) in [5, 5.41) is 2.60. The number of hydrogen-bond donors (Lipinski definition) is 1. The molecule has 0 saturated carbocycles. The van der Waals surface area contributed by atoms with Crippen LogP contribution in [0.3, 0.4) is 0 Å². The first kappa shape index (κ1) is 22.7. The van der Waals surface area contributed by atoms with Gasteiger partial charge < -0.3 is 19.4 Å². The molecule has 3 rings (SSSR count). The first-order valence-corrected chi connectivity index (χ1v) is 10.1. The third kappa shape index (κ3) is 5.60. The molecular formula is C24H23FN2O5. The van der Waals surface area contributed by atoms with E-state index in [0.717, 1.165) is 0 Å². The van der Waals surface area contributed by atoms with Gasteiger partial charge in [-0.25, -0.2) is 9.18 Å². The van der Waals surface area contributed by atoms with Crippen LogP contribution in [0.2, 0.25) is 0 Å². The molecule has 2 amide bonds. The van der Waals surface area contributed by atoms with Crippen molar-refractivity contribution in [3.05, 3.63) is 77.8 Å². The molecule has 1 heterocycles. The number of halogens is 1. The van der Waals surface area contributed by atoms with Crippen molar-refractivity contribution in [2.24, 2.45) is 0 Å². The molecule has 3 aromatic rings. The van der Waals surface area contributed by atoms with E-state index in [9.17, 15) is 18.8 Å². The summed E-state index contributed by atoms with van der Waals surface area (Å²) in [5.41, 5.74) is 1.60. The number of carbonyl (C=O) groups excluding carboxylic acids is 3. The van der Waals surface area contributed by atoms with Gasteiger partial charge in [-0.05, 0) is 74.5 Å². The Balaban J connectivity index is 1.52. The number of esters is 1. The maximum Gasteiger partial charge on any atom is 0.374 e. The molecule has 8 heteroatoms. The quantitative estimate of drug-likeness (QED) is 0.528. The van der Waals surface area contributed by atoms with Gasteiger partial charge >= 0.3 is 5.97 Å². The molecule has 0 atom stereocenters. The van der Waals surface area contributed by atoms with Gasteiger partial charge in [0.25, 0.3) is 11.8 Å². The molecular weight excluding hydrogens is 415 g/mol. The summed E-state index contributed by atoms with van der Waals surface area (Å²) in [5.74, 6) is -1.49. The van der Waals surface area contributed by atoms with E-state index in [1.165, 1.54) is 30.3 Å². The normalized spacial score (nSPS) is 10.5. The highest BCUT2D eigenvalue weighted by Crippen LogP contribution is 2.23. The highest BCUT2D eigenvalue weighted by Gasteiger charge is 2.16. The third-order valence-corrected chi connectivity index (χ3v) is 4.74. The summed E-state index contributed by atoms with van der Waals surface area (Å²) in [6.07, 6.45) is 0. The predicted octanol–water partition coefficient (Wildman–Crippen LogP) is 4.36. The van der Waals surface area contributed by atoms with Gasteiger partial charge in [-0.15, -0.1) is 0 Å². The zero-order chi connectivity index (χ0) is 23.1. The summed E-state index contributed by atoms with van der Waals surface area (Å²) in [4.78, 5) is 38.3. The summed E-state index contributed by atoms with van der Waals surface area (Å²) >= 11 is 0. The molecule has 0 bridgehead atoms. The van der Waals surface area contributed by atoms with Crippen LogP contribution in [0.15, 0.2) is 65.1 Å². The maximum absolute atomic E-state index is 13.0. The standard InChI is InChI=1S/C24H23FN2O5/c1-3-27(4-2)23(29)17-7-11-19(12-8-17)26-22(28)15-31-24(30)21-14-13-20(32-21)16-5-9-18(25)10-6-16/h5-14H,3-4,15H2,1-2H3,(H,26,28). The predicted molar refractivity (Wildman–Crippen MR) is 117 cm³/mol. The number of hydrogen-bond acceptors (Lipinski definition) is 5. The van der Waals surface area contributed by atoms with Crippen LogP contribution < -0.4 is 5.32 Å². The number of anilines is 1. The monoisotopic (exact) mass is 438 g/mol. The van der Waals surface area contributed by atoms with Crippen LogP contribution in [0, 0.1) is 5.82 Å². The molecule has 0 aliphatic rings. The van der Waals surface area contributed by atoms with E-state index in [2.05, 4.69) is 5.32 Å². The van der Waals surface area contributed by atoms with Gasteiger partial charge in [0.1, 0.15) is 11.6 Å². The molecule has 0 saturated heterocycles. The Kier molecular flexibility index (Phi) is 7.38. The van der Waals surface area contributed by atoms with Crippen molar-refractivity contribution < 1.29 is 27.9 Å². The lowest BCUT2D eigenvalue weighted by Crippen LogP contribution is -2.30. The van der Waals surface area contributed by atoms with Crippen LogP contribution in [-0.2, 0) is 9.53 Å². The zero-order valence-electron chi connectivity index (χ0n) is 17.8. The molecule has 0 spiro atoms. The Morgan fingerprint density at radius 1 is 0.938 bits per heavy atom. The Labute approximate surface area is 184 Å². The molecule has 1 N–H and O–H groups in total. The van der Waals surface area contributed by atoms with Crippen molar-refractivity contribution in [2.45, 2.75) is 13.8 Å². The van der Waals surface area contributed by atoms with Crippen LogP contribution in [0.4, 0.5) is 10.1 Å². The van der Waals surface area contributed by atoms with E-state index < -0.39 is 18.5 Å². The van der Waals surface area contributed by atoms with E-state index >= 15 is 0 Å². The number of furan rings is 1. The van der Waals surface area contributed by atoms with E-state index in [1.807, 2.05) is 13.8 Å². The molecule has 166 valence electrons. The van der Waals surface area contributed by atoms with Gasteiger partial charge in [-0.2, -0.15) is 0 Å². The highest BCUT2D eigenvalue weighted by molar-refractivity contribution is 5.97. The molecule has 0 fully saturated rings. The van der Waals surface area contributed by atoms with Crippen molar-refractivity contribution in [2.75, 3.05) is 25.0 Å². The number of ether oxygens (including phenoxy) is 1. The van der Waals surface area contributed by atoms with Gasteiger partial charge in [-0.3, -0.25) is 9.59 Å². The lowest BCUT2D eigenvalue weighted by Gasteiger charge is -2.18. The van der Waals surface area contributed by atoms with Gasteiger partial charge in [0, 0.05) is 29.9 Å². The third-order valence-electron chi connectivity index (χ3n) is 4.74. The lowest BCUT2D eigenvalue weighted by molar-refractivity contribution is -0.119. The number of amides is 2. The number of nitrogens with zero attached hydrogens (tertiary/aromatic N) is 1. The molecule has 0 unspecified atom stereocenters. The minimum atomic E-state index is -0.798. The fourth-order valence-corrected chi connectivity index (χ4v) is 3.01. The lowest BCUT2D eigenvalue weighted by atomic mass is 10.2. The first-order valence-electron chi connectivity index (χ1n) is 10.1. The largest absolute Gasteiger partial charge is 0.450 e. The molecule has 32 heavy (non-hydrogen) atoms. The van der Waals surface area contributed by atoms with Gasteiger partial charge in [-0.1, -0.05) is 0 Å².